The van der Waals surface area contributed by atoms with Crippen LogP contribution in [0, 0.1) is 0 Å². The summed E-state index contributed by atoms with van der Waals surface area (Å²) < 4.78 is 5.05. The fourth-order valence-electron chi connectivity index (χ4n) is 2.56. The lowest BCUT2D eigenvalue weighted by molar-refractivity contribution is 0.0839. The van der Waals surface area contributed by atoms with Crippen molar-refractivity contribution in [1.82, 2.24) is 5.32 Å². The molecule has 0 saturated heterocycles. The van der Waals surface area contributed by atoms with Crippen LogP contribution in [0.5, 0.6) is 5.75 Å². The molecule has 0 unspecified atom stereocenters. The Kier molecular flexibility index (Phi) is 3.95. The van der Waals surface area contributed by atoms with Crippen LogP contribution in [-0.2, 0) is 0 Å². The van der Waals surface area contributed by atoms with Gasteiger partial charge in [0.1, 0.15) is 5.75 Å². The zero-order valence-electron chi connectivity index (χ0n) is 11.1. The zero-order valence-corrected chi connectivity index (χ0v) is 11.1. The van der Waals surface area contributed by atoms with Crippen molar-refractivity contribution in [3.63, 3.8) is 0 Å². The molecule has 0 atom stereocenters. The lowest BCUT2D eigenvalue weighted by Crippen LogP contribution is -2.49. The Morgan fingerprint density at radius 1 is 1.47 bits per heavy atom. The molecule has 5 heteroatoms. The third-order valence-corrected chi connectivity index (χ3v) is 3.75. The van der Waals surface area contributed by atoms with Gasteiger partial charge >= 0.3 is 0 Å². The molecule has 104 valence electrons. The molecule has 1 aromatic carbocycles. The summed E-state index contributed by atoms with van der Waals surface area (Å²) >= 11 is 0. The number of methoxy groups -OCH3 is 1. The van der Waals surface area contributed by atoms with E-state index >= 15 is 0 Å². The lowest BCUT2D eigenvalue weighted by Gasteiger charge is -2.28. The number of rotatable bonds is 4. The molecular weight excluding hydrogens is 244 g/mol. The molecule has 0 spiro atoms. The molecular formula is C14H20N2O3. The average Bonchev–Trinajstić information content (AvgIpc) is 2.87. The highest BCUT2D eigenvalue weighted by Crippen LogP contribution is 2.30. The largest absolute Gasteiger partial charge is 0.497 e. The van der Waals surface area contributed by atoms with E-state index in [1.54, 1.807) is 25.3 Å². The van der Waals surface area contributed by atoms with Crippen molar-refractivity contribution in [1.29, 1.82) is 0 Å². The standard InChI is InChI=1S/C14H20N2O3/c1-19-10-4-5-11(12(15)8-10)13(18)16-14(9-17)6-2-3-7-14/h4-5,8,17H,2-3,6-7,9,15H2,1H3,(H,16,18). The van der Waals surface area contributed by atoms with E-state index in [-0.39, 0.29) is 12.5 Å². The van der Waals surface area contributed by atoms with Gasteiger partial charge < -0.3 is 20.9 Å². The molecule has 0 aliphatic heterocycles. The van der Waals surface area contributed by atoms with Gasteiger partial charge in [0.25, 0.3) is 5.91 Å². The number of aliphatic hydroxyl groups excluding tert-OH is 1. The van der Waals surface area contributed by atoms with E-state index in [2.05, 4.69) is 5.32 Å². The van der Waals surface area contributed by atoms with E-state index in [1.165, 1.54) is 0 Å². The van der Waals surface area contributed by atoms with Crippen LogP contribution in [0.25, 0.3) is 0 Å². The number of carbonyl (C=O) groups is 1. The molecule has 5 nitrogen and oxygen atoms in total. The van der Waals surface area contributed by atoms with Gasteiger partial charge in [0.05, 0.1) is 24.8 Å². The van der Waals surface area contributed by atoms with Gasteiger partial charge in [-0.2, -0.15) is 0 Å². The normalized spacial score (nSPS) is 17.2. The SMILES string of the molecule is COc1ccc(C(=O)NC2(CO)CCCC2)c(N)c1. The number of hydrogen-bond donors (Lipinski definition) is 3. The summed E-state index contributed by atoms with van der Waals surface area (Å²) in [7, 11) is 1.55. The molecule has 0 radical (unpaired) electrons. The molecule has 0 aromatic heterocycles. The fraction of sp³-hybridized carbons (Fsp3) is 0.500. The van der Waals surface area contributed by atoms with Crippen LogP contribution >= 0.6 is 0 Å². The molecule has 1 aliphatic carbocycles. The van der Waals surface area contributed by atoms with Crippen molar-refractivity contribution in [2.24, 2.45) is 0 Å². The van der Waals surface area contributed by atoms with Crippen LogP contribution in [0.2, 0.25) is 0 Å². The van der Waals surface area contributed by atoms with E-state index in [9.17, 15) is 9.90 Å². The highest BCUT2D eigenvalue weighted by atomic mass is 16.5. The average molecular weight is 264 g/mol. The summed E-state index contributed by atoms with van der Waals surface area (Å²) in [6, 6.07) is 4.96. The molecule has 1 aliphatic rings. The van der Waals surface area contributed by atoms with Crippen LogP contribution in [0.4, 0.5) is 5.69 Å². The number of benzene rings is 1. The predicted octanol–water partition coefficient (Wildman–Crippen LogP) is 1.31. The number of anilines is 1. The molecule has 1 aromatic rings. The number of nitrogens with two attached hydrogens (primary N) is 1. The molecule has 2 rings (SSSR count). The smallest absolute Gasteiger partial charge is 0.253 e. The molecule has 0 bridgehead atoms. The van der Waals surface area contributed by atoms with Crippen molar-refractivity contribution in [2.45, 2.75) is 31.2 Å². The minimum Gasteiger partial charge on any atom is -0.497 e. The molecule has 4 N–H and O–H groups in total. The van der Waals surface area contributed by atoms with E-state index in [0.717, 1.165) is 25.7 Å². The van der Waals surface area contributed by atoms with E-state index in [1.807, 2.05) is 0 Å². The third kappa shape index (κ3) is 2.81. The lowest BCUT2D eigenvalue weighted by atomic mass is 9.98. The highest BCUT2D eigenvalue weighted by molar-refractivity contribution is 5.99. The minimum atomic E-state index is -0.483. The zero-order chi connectivity index (χ0) is 13.9. The Bertz CT molecular complexity index is 468. The van der Waals surface area contributed by atoms with Crippen LogP contribution in [0.1, 0.15) is 36.0 Å². The number of nitrogen functional groups attached to an aromatic ring is 1. The van der Waals surface area contributed by atoms with Crippen LogP contribution < -0.4 is 15.8 Å². The van der Waals surface area contributed by atoms with Gasteiger partial charge in [-0.05, 0) is 25.0 Å². The maximum absolute atomic E-state index is 12.2. The molecule has 19 heavy (non-hydrogen) atoms. The Morgan fingerprint density at radius 2 is 2.16 bits per heavy atom. The van der Waals surface area contributed by atoms with Crippen LogP contribution in [0.15, 0.2) is 18.2 Å². The Balaban J connectivity index is 2.15. The first-order valence-corrected chi connectivity index (χ1v) is 6.47. The number of amides is 1. The van der Waals surface area contributed by atoms with Gasteiger partial charge in [-0.25, -0.2) is 0 Å². The second-order valence-electron chi connectivity index (χ2n) is 5.05. The second-order valence-corrected chi connectivity index (χ2v) is 5.05. The van der Waals surface area contributed by atoms with E-state index in [0.29, 0.717) is 17.0 Å². The Labute approximate surface area is 112 Å². The molecule has 1 amide bonds. The summed E-state index contributed by atoms with van der Waals surface area (Å²) in [5.74, 6) is 0.378. The number of nitrogens with one attached hydrogen (secondary N) is 1. The van der Waals surface area contributed by atoms with Gasteiger partial charge in [-0.3, -0.25) is 4.79 Å². The first-order valence-electron chi connectivity index (χ1n) is 6.47. The first kappa shape index (κ1) is 13.7. The molecule has 0 heterocycles. The van der Waals surface area contributed by atoms with Crippen molar-refractivity contribution < 1.29 is 14.6 Å². The third-order valence-electron chi connectivity index (χ3n) is 3.75. The molecule has 1 fully saturated rings. The predicted molar refractivity (Wildman–Crippen MR) is 73.2 cm³/mol. The van der Waals surface area contributed by atoms with Crippen molar-refractivity contribution in [3.8, 4) is 5.75 Å². The first-order chi connectivity index (χ1) is 9.10. The maximum Gasteiger partial charge on any atom is 0.253 e. The molecule has 1 saturated carbocycles. The van der Waals surface area contributed by atoms with E-state index in [4.69, 9.17) is 10.5 Å². The number of ether oxygens (including phenoxy) is 1. The summed E-state index contributed by atoms with van der Waals surface area (Å²) in [4.78, 5) is 12.2. The number of hydrogen-bond acceptors (Lipinski definition) is 4. The van der Waals surface area contributed by atoms with Gasteiger partial charge in [-0.1, -0.05) is 12.8 Å². The van der Waals surface area contributed by atoms with Crippen molar-refractivity contribution >= 4 is 11.6 Å². The van der Waals surface area contributed by atoms with E-state index < -0.39 is 5.54 Å². The van der Waals surface area contributed by atoms with Gasteiger partial charge in [0, 0.05) is 11.8 Å². The Hall–Kier alpha value is -1.75. The number of carbonyl (C=O) groups excluding carboxylic acids is 1. The van der Waals surface area contributed by atoms with Gasteiger partial charge in [0.2, 0.25) is 0 Å². The van der Waals surface area contributed by atoms with Gasteiger partial charge in [0.15, 0.2) is 0 Å². The fourth-order valence-corrected chi connectivity index (χ4v) is 2.56. The second kappa shape index (κ2) is 5.48. The Morgan fingerprint density at radius 3 is 2.68 bits per heavy atom. The van der Waals surface area contributed by atoms with Crippen molar-refractivity contribution in [2.75, 3.05) is 19.5 Å². The number of aliphatic hydroxyl groups is 1. The van der Waals surface area contributed by atoms with Crippen LogP contribution in [0.3, 0.4) is 0 Å². The monoisotopic (exact) mass is 264 g/mol. The summed E-state index contributed by atoms with van der Waals surface area (Å²) in [6.45, 7) is -0.0329. The van der Waals surface area contributed by atoms with Crippen LogP contribution in [-0.4, -0.2) is 30.3 Å². The highest BCUT2D eigenvalue weighted by Gasteiger charge is 2.35. The van der Waals surface area contributed by atoms with Crippen molar-refractivity contribution in [3.05, 3.63) is 23.8 Å². The minimum absolute atomic E-state index is 0.0329. The quantitative estimate of drug-likeness (QED) is 0.716. The summed E-state index contributed by atoms with van der Waals surface area (Å²) in [6.07, 6.45) is 3.68. The van der Waals surface area contributed by atoms with Gasteiger partial charge in [-0.15, -0.1) is 0 Å². The topological polar surface area (TPSA) is 84.6 Å². The summed E-state index contributed by atoms with van der Waals surface area (Å²) in [5, 5.41) is 12.4. The maximum atomic E-state index is 12.2. The summed E-state index contributed by atoms with van der Waals surface area (Å²) in [5.41, 5.74) is 6.17.